The van der Waals surface area contributed by atoms with E-state index in [9.17, 15) is 4.79 Å². The molecule has 2 N–H and O–H groups in total. The zero-order valence-corrected chi connectivity index (χ0v) is 10.9. The van der Waals surface area contributed by atoms with E-state index in [0.29, 0.717) is 6.42 Å². The highest BCUT2D eigenvalue weighted by atomic mass is 16.2. The van der Waals surface area contributed by atoms with Crippen LogP contribution in [-0.4, -0.2) is 17.4 Å². The smallest absolute Gasteiger partial charge is 0.228 e. The first-order valence-corrected chi connectivity index (χ1v) is 6.70. The zero-order valence-electron chi connectivity index (χ0n) is 10.9. The molecule has 0 aliphatic carbocycles. The van der Waals surface area contributed by atoms with Crippen LogP contribution >= 0.6 is 0 Å². The summed E-state index contributed by atoms with van der Waals surface area (Å²) in [6.45, 7) is 1.54. The molecule has 0 radical (unpaired) electrons. The van der Waals surface area contributed by atoms with Gasteiger partial charge in [0.1, 0.15) is 5.82 Å². The molecular formula is C15H14N4O. The molecule has 5 heteroatoms. The van der Waals surface area contributed by atoms with Gasteiger partial charge in [0.05, 0.1) is 11.4 Å². The quantitative estimate of drug-likeness (QED) is 0.779. The minimum atomic E-state index is 0.191. The summed E-state index contributed by atoms with van der Waals surface area (Å²) < 4.78 is 0. The monoisotopic (exact) mass is 266 g/mol. The maximum atomic E-state index is 11.5. The third kappa shape index (κ3) is 1.71. The standard InChI is InChI=1S/C15H14N4O/c20-14-5-7-19(14)11-3-4-12-13(8-11)17-9-10-2-1-6-16-15(10)18-12/h1-4,6,8,17H,5,7,9H2,(H,16,18). The molecule has 0 bridgehead atoms. The van der Waals surface area contributed by atoms with Crippen LogP contribution in [-0.2, 0) is 11.3 Å². The first-order valence-electron chi connectivity index (χ1n) is 6.70. The Morgan fingerprint density at radius 3 is 2.95 bits per heavy atom. The van der Waals surface area contributed by atoms with E-state index in [2.05, 4.69) is 15.6 Å². The zero-order chi connectivity index (χ0) is 13.5. The number of nitrogens with one attached hydrogen (secondary N) is 2. The molecule has 1 fully saturated rings. The van der Waals surface area contributed by atoms with Crippen molar-refractivity contribution in [1.82, 2.24) is 4.98 Å². The fourth-order valence-corrected chi connectivity index (χ4v) is 2.56. The number of hydrogen-bond acceptors (Lipinski definition) is 4. The fraction of sp³-hybridized carbons (Fsp3) is 0.200. The number of hydrogen-bond donors (Lipinski definition) is 2. The molecule has 1 saturated heterocycles. The first kappa shape index (κ1) is 11.3. The van der Waals surface area contributed by atoms with E-state index in [4.69, 9.17) is 0 Å². The van der Waals surface area contributed by atoms with Crippen molar-refractivity contribution >= 4 is 28.8 Å². The lowest BCUT2D eigenvalue weighted by Crippen LogP contribution is -2.43. The van der Waals surface area contributed by atoms with Crippen LogP contribution in [0.15, 0.2) is 36.5 Å². The van der Waals surface area contributed by atoms with Gasteiger partial charge in [0.15, 0.2) is 0 Å². The molecule has 1 aromatic carbocycles. The van der Waals surface area contributed by atoms with E-state index in [-0.39, 0.29) is 5.91 Å². The number of rotatable bonds is 1. The Morgan fingerprint density at radius 2 is 2.15 bits per heavy atom. The summed E-state index contributed by atoms with van der Waals surface area (Å²) in [7, 11) is 0. The number of β-lactam (4-membered cyclic amide) rings is 1. The Kier molecular flexibility index (Phi) is 2.39. The highest BCUT2D eigenvalue weighted by Crippen LogP contribution is 2.34. The molecular weight excluding hydrogens is 252 g/mol. The molecule has 0 atom stereocenters. The van der Waals surface area contributed by atoms with Crippen LogP contribution in [0, 0.1) is 0 Å². The highest BCUT2D eigenvalue weighted by Gasteiger charge is 2.26. The Balaban J connectivity index is 1.70. The third-order valence-electron chi connectivity index (χ3n) is 3.78. The summed E-state index contributed by atoms with van der Waals surface area (Å²) in [5.41, 5.74) is 4.07. The van der Waals surface area contributed by atoms with Crippen molar-refractivity contribution in [1.29, 1.82) is 0 Å². The second-order valence-electron chi connectivity index (χ2n) is 5.01. The Morgan fingerprint density at radius 1 is 1.20 bits per heavy atom. The van der Waals surface area contributed by atoms with Crippen molar-refractivity contribution in [3.63, 3.8) is 0 Å². The van der Waals surface area contributed by atoms with Crippen LogP contribution in [0.1, 0.15) is 12.0 Å². The summed E-state index contributed by atoms with van der Waals surface area (Å²) in [6, 6.07) is 9.97. The van der Waals surface area contributed by atoms with E-state index in [1.165, 1.54) is 0 Å². The summed E-state index contributed by atoms with van der Waals surface area (Å²) in [4.78, 5) is 17.7. The number of benzene rings is 1. The Hall–Kier alpha value is -2.56. The molecule has 2 aromatic rings. The lowest BCUT2D eigenvalue weighted by atomic mass is 10.1. The topological polar surface area (TPSA) is 57.3 Å². The van der Waals surface area contributed by atoms with Crippen molar-refractivity contribution in [2.75, 3.05) is 22.1 Å². The van der Waals surface area contributed by atoms with Crippen molar-refractivity contribution in [3.8, 4) is 0 Å². The van der Waals surface area contributed by atoms with E-state index in [1.807, 2.05) is 30.3 Å². The van der Waals surface area contributed by atoms with Gasteiger partial charge in [-0.1, -0.05) is 6.07 Å². The van der Waals surface area contributed by atoms with E-state index in [0.717, 1.165) is 41.5 Å². The minimum Gasteiger partial charge on any atom is -0.379 e. The number of anilines is 4. The maximum absolute atomic E-state index is 11.5. The largest absolute Gasteiger partial charge is 0.379 e. The summed E-state index contributed by atoms with van der Waals surface area (Å²) in [5, 5.41) is 6.74. The highest BCUT2D eigenvalue weighted by molar-refractivity contribution is 6.00. The lowest BCUT2D eigenvalue weighted by molar-refractivity contribution is -0.122. The number of amides is 1. The molecule has 2 aliphatic heterocycles. The van der Waals surface area contributed by atoms with Gasteiger partial charge in [0, 0.05) is 37.0 Å². The molecule has 4 rings (SSSR count). The number of carbonyl (C=O) groups excluding carboxylic acids is 1. The Labute approximate surface area is 116 Å². The molecule has 20 heavy (non-hydrogen) atoms. The van der Waals surface area contributed by atoms with E-state index < -0.39 is 0 Å². The van der Waals surface area contributed by atoms with Gasteiger partial charge in [-0.05, 0) is 24.3 Å². The van der Waals surface area contributed by atoms with Crippen LogP contribution in [0.5, 0.6) is 0 Å². The number of nitrogens with zero attached hydrogens (tertiary/aromatic N) is 2. The normalized spacial score (nSPS) is 16.2. The third-order valence-corrected chi connectivity index (χ3v) is 3.78. The number of fused-ring (bicyclic) bond motifs is 2. The molecule has 5 nitrogen and oxygen atoms in total. The second-order valence-corrected chi connectivity index (χ2v) is 5.01. The maximum Gasteiger partial charge on any atom is 0.228 e. The predicted molar refractivity (Wildman–Crippen MR) is 78.3 cm³/mol. The van der Waals surface area contributed by atoms with Gasteiger partial charge >= 0.3 is 0 Å². The second kappa shape index (κ2) is 4.23. The van der Waals surface area contributed by atoms with Gasteiger partial charge in [-0.2, -0.15) is 0 Å². The van der Waals surface area contributed by atoms with Crippen LogP contribution < -0.4 is 15.5 Å². The summed E-state index contributed by atoms with van der Waals surface area (Å²) in [6.07, 6.45) is 2.43. The Bertz CT molecular complexity index is 698. The minimum absolute atomic E-state index is 0.191. The molecule has 0 spiro atoms. The van der Waals surface area contributed by atoms with Gasteiger partial charge < -0.3 is 15.5 Å². The molecule has 100 valence electrons. The average Bonchev–Trinajstić information content (AvgIpc) is 2.64. The van der Waals surface area contributed by atoms with Gasteiger partial charge in [-0.3, -0.25) is 4.79 Å². The van der Waals surface area contributed by atoms with Crippen LogP contribution in [0.2, 0.25) is 0 Å². The average molecular weight is 266 g/mol. The molecule has 1 aromatic heterocycles. The van der Waals surface area contributed by atoms with Gasteiger partial charge in [0.2, 0.25) is 5.91 Å². The van der Waals surface area contributed by atoms with Gasteiger partial charge in [-0.15, -0.1) is 0 Å². The van der Waals surface area contributed by atoms with E-state index >= 15 is 0 Å². The number of aromatic nitrogens is 1. The van der Waals surface area contributed by atoms with Crippen molar-refractivity contribution in [3.05, 3.63) is 42.1 Å². The van der Waals surface area contributed by atoms with E-state index in [1.54, 1.807) is 11.1 Å². The van der Waals surface area contributed by atoms with Crippen molar-refractivity contribution in [2.24, 2.45) is 0 Å². The van der Waals surface area contributed by atoms with Gasteiger partial charge in [0.25, 0.3) is 0 Å². The predicted octanol–water partition coefficient (Wildman–Crippen LogP) is 2.49. The first-order chi connectivity index (χ1) is 9.81. The molecule has 1 amide bonds. The van der Waals surface area contributed by atoms with Crippen LogP contribution in [0.4, 0.5) is 22.9 Å². The number of pyridine rings is 1. The SMILES string of the molecule is O=C1CCN1c1ccc2c(c1)NCc1cccnc1N2. The fourth-order valence-electron chi connectivity index (χ4n) is 2.56. The van der Waals surface area contributed by atoms with Crippen LogP contribution in [0.3, 0.4) is 0 Å². The van der Waals surface area contributed by atoms with Crippen molar-refractivity contribution < 1.29 is 4.79 Å². The molecule has 0 unspecified atom stereocenters. The summed E-state index contributed by atoms with van der Waals surface area (Å²) in [5.74, 6) is 1.07. The van der Waals surface area contributed by atoms with Crippen molar-refractivity contribution in [2.45, 2.75) is 13.0 Å². The number of carbonyl (C=O) groups is 1. The molecule has 0 saturated carbocycles. The molecule has 3 heterocycles. The summed E-state index contributed by atoms with van der Waals surface area (Å²) >= 11 is 0. The van der Waals surface area contributed by atoms with Crippen LogP contribution in [0.25, 0.3) is 0 Å². The van der Waals surface area contributed by atoms with Gasteiger partial charge in [-0.25, -0.2) is 4.98 Å². The lowest BCUT2D eigenvalue weighted by Gasteiger charge is -2.31. The molecule has 2 aliphatic rings.